The Balaban J connectivity index is 2.29. The van der Waals surface area contributed by atoms with E-state index in [4.69, 9.17) is 0 Å². The summed E-state index contributed by atoms with van der Waals surface area (Å²) in [5.74, 6) is 2.16. The Morgan fingerprint density at radius 3 is 2.65 bits per heavy atom. The molecule has 79 valence electrons. The summed E-state index contributed by atoms with van der Waals surface area (Å²) in [6.07, 6.45) is 0. The van der Waals surface area contributed by atoms with E-state index in [9.17, 15) is 0 Å². The van der Waals surface area contributed by atoms with E-state index in [-0.39, 0.29) is 0 Å². The van der Waals surface area contributed by atoms with E-state index in [0.717, 1.165) is 9.13 Å². The van der Waals surface area contributed by atoms with Gasteiger partial charge in [-0.1, -0.05) is 48.5 Å². The van der Waals surface area contributed by atoms with Crippen LogP contribution in [0.3, 0.4) is 0 Å². The molecule has 0 aromatic heterocycles. The first kappa shape index (κ1) is 9.13. The quantitative estimate of drug-likeness (QED) is 0.464. The first-order valence-electron chi connectivity index (χ1n) is 5.73. The molecule has 1 heterocycles. The molecule has 1 radical (unpaired) electrons. The van der Waals surface area contributed by atoms with Crippen molar-refractivity contribution in [3.63, 3.8) is 0 Å². The van der Waals surface area contributed by atoms with E-state index in [0.29, 0.717) is 0 Å². The van der Waals surface area contributed by atoms with Crippen LogP contribution in [-0.2, 0) is 0 Å². The molecule has 0 bridgehead atoms. The Labute approximate surface area is 102 Å². The molecule has 0 amide bonds. The summed E-state index contributed by atoms with van der Waals surface area (Å²) in [7, 11) is 0.778. The van der Waals surface area contributed by atoms with Crippen LogP contribution in [0.4, 0.5) is 5.69 Å². The third kappa shape index (κ3) is 1.21. The number of rotatable bonds is 0. The van der Waals surface area contributed by atoms with Crippen molar-refractivity contribution < 1.29 is 0 Å². The summed E-state index contributed by atoms with van der Waals surface area (Å²) in [6, 6.07) is 17.5. The highest BCUT2D eigenvalue weighted by Crippen LogP contribution is 2.30. The van der Waals surface area contributed by atoms with Crippen LogP contribution in [0.2, 0.25) is 0 Å². The van der Waals surface area contributed by atoms with E-state index in [1.54, 1.807) is 0 Å². The van der Waals surface area contributed by atoms with Gasteiger partial charge < -0.3 is 5.32 Å². The molecule has 1 aliphatic rings. The van der Waals surface area contributed by atoms with Crippen molar-refractivity contribution in [1.82, 2.24) is 0 Å². The van der Waals surface area contributed by atoms with Crippen molar-refractivity contribution in [2.24, 2.45) is 0 Å². The number of nitrogens with one attached hydrogen (secondary N) is 1. The van der Waals surface area contributed by atoms with Gasteiger partial charge in [-0.25, -0.2) is 0 Å². The van der Waals surface area contributed by atoms with Crippen LogP contribution < -0.4 is 10.5 Å². The SMILES string of the molecule is C1=[Si]c2ccc3ccc4ccccc4c3c2N1. The van der Waals surface area contributed by atoms with E-state index < -0.39 is 0 Å². The van der Waals surface area contributed by atoms with Gasteiger partial charge in [0.25, 0.3) is 0 Å². The van der Waals surface area contributed by atoms with Gasteiger partial charge >= 0.3 is 0 Å². The Kier molecular flexibility index (Phi) is 1.76. The predicted molar refractivity (Wildman–Crippen MR) is 76.5 cm³/mol. The lowest BCUT2D eigenvalue weighted by Crippen LogP contribution is -2.04. The molecule has 0 aliphatic carbocycles. The van der Waals surface area contributed by atoms with Crippen LogP contribution in [0.1, 0.15) is 0 Å². The largest absolute Gasteiger partial charge is 0.365 e. The number of anilines is 1. The molecular weight excluding hydrogens is 222 g/mol. The van der Waals surface area contributed by atoms with Crippen molar-refractivity contribution in [1.29, 1.82) is 0 Å². The summed E-state index contributed by atoms with van der Waals surface area (Å²) in [5.41, 5.74) is 1.30. The fraction of sp³-hybridized carbons (Fsp3) is 0. The highest BCUT2D eigenvalue weighted by atomic mass is 28.2. The van der Waals surface area contributed by atoms with Crippen LogP contribution in [0.5, 0.6) is 0 Å². The summed E-state index contributed by atoms with van der Waals surface area (Å²) >= 11 is 0. The highest BCUT2D eigenvalue weighted by molar-refractivity contribution is 6.68. The molecule has 0 spiro atoms. The lowest BCUT2D eigenvalue weighted by Gasteiger charge is -2.09. The van der Waals surface area contributed by atoms with Gasteiger partial charge in [0.1, 0.15) is 0 Å². The van der Waals surface area contributed by atoms with Crippen molar-refractivity contribution >= 4 is 47.3 Å². The minimum Gasteiger partial charge on any atom is -0.365 e. The first-order chi connectivity index (χ1) is 8.43. The maximum atomic E-state index is 3.42. The molecule has 1 nitrogen and oxygen atoms in total. The summed E-state index contributed by atoms with van der Waals surface area (Å²) < 4.78 is 0. The predicted octanol–water partition coefficient (Wildman–Crippen LogP) is 2.51. The molecule has 3 aromatic carbocycles. The monoisotopic (exact) mass is 232 g/mol. The molecular formula is C15H10NSi. The molecule has 1 N–H and O–H groups in total. The lowest BCUT2D eigenvalue weighted by atomic mass is 10.0. The maximum Gasteiger partial charge on any atom is 0.0836 e. The van der Waals surface area contributed by atoms with Crippen LogP contribution in [0, 0.1) is 0 Å². The number of fused-ring (bicyclic) bond motifs is 5. The van der Waals surface area contributed by atoms with Gasteiger partial charge in [0.05, 0.1) is 9.13 Å². The Morgan fingerprint density at radius 2 is 1.65 bits per heavy atom. The fourth-order valence-corrected chi connectivity index (χ4v) is 3.45. The first-order valence-corrected chi connectivity index (χ1v) is 6.80. The van der Waals surface area contributed by atoms with Crippen molar-refractivity contribution in [2.45, 2.75) is 0 Å². The third-order valence-corrected chi connectivity index (χ3v) is 4.37. The van der Waals surface area contributed by atoms with Gasteiger partial charge in [-0.2, -0.15) is 0 Å². The van der Waals surface area contributed by atoms with Crippen LogP contribution in [-0.4, -0.2) is 14.9 Å². The highest BCUT2D eigenvalue weighted by Gasteiger charge is 2.11. The lowest BCUT2D eigenvalue weighted by molar-refractivity contribution is 1.77. The molecule has 2 heteroatoms. The zero-order valence-corrected chi connectivity index (χ0v) is 10.2. The topological polar surface area (TPSA) is 12.0 Å². The third-order valence-electron chi connectivity index (χ3n) is 3.35. The van der Waals surface area contributed by atoms with Crippen LogP contribution in [0.25, 0.3) is 21.5 Å². The number of hydrogen-bond acceptors (Lipinski definition) is 1. The molecule has 0 atom stereocenters. The molecule has 0 fully saturated rings. The van der Waals surface area contributed by atoms with E-state index >= 15 is 0 Å². The molecule has 1 aliphatic heterocycles. The van der Waals surface area contributed by atoms with Crippen molar-refractivity contribution in [3.8, 4) is 0 Å². The Morgan fingerprint density at radius 1 is 0.824 bits per heavy atom. The fourth-order valence-electron chi connectivity index (χ4n) is 2.55. The molecule has 17 heavy (non-hydrogen) atoms. The van der Waals surface area contributed by atoms with Gasteiger partial charge in [0.15, 0.2) is 0 Å². The summed E-state index contributed by atoms with van der Waals surface area (Å²) in [6.45, 7) is 0. The Bertz CT molecular complexity index is 774. The molecule has 4 rings (SSSR count). The van der Waals surface area contributed by atoms with Crippen molar-refractivity contribution in [3.05, 3.63) is 48.5 Å². The van der Waals surface area contributed by atoms with Gasteiger partial charge in [0.2, 0.25) is 0 Å². The van der Waals surface area contributed by atoms with Gasteiger partial charge in [0, 0.05) is 11.1 Å². The average molecular weight is 232 g/mol. The Hall–Kier alpha value is -1.93. The molecule has 0 saturated carbocycles. The van der Waals surface area contributed by atoms with Gasteiger partial charge in [-0.05, 0) is 27.1 Å². The second-order valence-electron chi connectivity index (χ2n) is 4.31. The molecule has 3 aromatic rings. The molecule has 0 unspecified atom stereocenters. The number of benzene rings is 3. The summed E-state index contributed by atoms with van der Waals surface area (Å²) in [5, 5.41) is 10.2. The van der Waals surface area contributed by atoms with Gasteiger partial charge in [-0.15, -0.1) is 0 Å². The molecule has 0 saturated heterocycles. The van der Waals surface area contributed by atoms with E-state index in [1.807, 2.05) is 0 Å². The average Bonchev–Trinajstić information content (AvgIpc) is 2.86. The maximum absolute atomic E-state index is 3.42. The minimum atomic E-state index is 0.778. The zero-order valence-electron chi connectivity index (χ0n) is 9.20. The minimum absolute atomic E-state index is 0.778. The normalized spacial score (nSPS) is 12.9. The van der Waals surface area contributed by atoms with E-state index in [2.05, 4.69) is 59.6 Å². The van der Waals surface area contributed by atoms with Crippen LogP contribution in [0.15, 0.2) is 48.5 Å². The second kappa shape index (κ2) is 3.28. The standard InChI is InChI=1S/C15H10NSi/c1-2-4-12-10(3-1)5-6-11-7-8-13-15(14(11)12)16-9-17-13/h1-9,16H. The smallest absolute Gasteiger partial charge is 0.0836 e. The van der Waals surface area contributed by atoms with Crippen molar-refractivity contribution in [2.75, 3.05) is 5.32 Å². The van der Waals surface area contributed by atoms with E-state index in [1.165, 1.54) is 32.4 Å². The summed E-state index contributed by atoms with van der Waals surface area (Å²) in [4.78, 5) is 0. The van der Waals surface area contributed by atoms with Gasteiger partial charge in [-0.3, -0.25) is 0 Å². The zero-order chi connectivity index (χ0) is 11.2. The number of hydrogen-bond donors (Lipinski definition) is 1. The second-order valence-corrected chi connectivity index (χ2v) is 5.42. The van der Waals surface area contributed by atoms with Crippen LogP contribution >= 0.6 is 0 Å².